The molecule has 0 atom stereocenters. The van der Waals surface area contributed by atoms with Crippen LogP contribution < -0.4 is 10.5 Å². The lowest BCUT2D eigenvalue weighted by Gasteiger charge is -2.11. The normalized spacial score (nSPS) is 11.3. The third kappa shape index (κ3) is 2.91. The minimum absolute atomic E-state index is 0.152. The van der Waals surface area contributed by atoms with Gasteiger partial charge in [0.05, 0.1) is 16.8 Å². The quantitative estimate of drug-likeness (QED) is 0.850. The molecule has 0 fully saturated rings. The molecule has 1 heterocycles. The summed E-state index contributed by atoms with van der Waals surface area (Å²) in [5.41, 5.74) is 9.27. The number of pyridine rings is 1. The number of hydrogen-bond donors (Lipinski definition) is 2. The van der Waals surface area contributed by atoms with E-state index < -0.39 is 10.0 Å². The van der Waals surface area contributed by atoms with Crippen molar-refractivity contribution in [2.24, 2.45) is 0 Å². The van der Waals surface area contributed by atoms with Gasteiger partial charge in [0.1, 0.15) is 0 Å². The number of nitrogens with zero attached hydrogens (tertiary/aromatic N) is 1. The minimum Gasteiger partial charge on any atom is -0.398 e. The number of anilines is 2. The van der Waals surface area contributed by atoms with Crippen LogP contribution in [0, 0.1) is 20.8 Å². The monoisotopic (exact) mass is 291 g/mol. The molecule has 0 amide bonds. The van der Waals surface area contributed by atoms with Gasteiger partial charge >= 0.3 is 0 Å². The zero-order valence-electron chi connectivity index (χ0n) is 11.6. The van der Waals surface area contributed by atoms with Gasteiger partial charge < -0.3 is 5.73 Å². The molecule has 20 heavy (non-hydrogen) atoms. The molecule has 0 saturated heterocycles. The van der Waals surface area contributed by atoms with E-state index in [1.165, 1.54) is 12.3 Å². The molecule has 3 N–H and O–H groups in total. The average Bonchev–Trinajstić information content (AvgIpc) is 2.38. The average molecular weight is 291 g/mol. The molecule has 0 bridgehead atoms. The SMILES string of the molecule is Cc1ccc(NS(=O)(=O)c2cc(C)c(C)c(N)c2)cn1. The van der Waals surface area contributed by atoms with Crippen molar-refractivity contribution in [3.8, 4) is 0 Å². The Labute approximate surface area is 118 Å². The predicted molar refractivity (Wildman–Crippen MR) is 80.1 cm³/mol. The van der Waals surface area contributed by atoms with Crippen LogP contribution in [0.3, 0.4) is 0 Å². The van der Waals surface area contributed by atoms with Crippen LogP contribution in [-0.4, -0.2) is 13.4 Å². The van der Waals surface area contributed by atoms with E-state index in [1.54, 1.807) is 18.2 Å². The topological polar surface area (TPSA) is 85.1 Å². The van der Waals surface area contributed by atoms with Crippen molar-refractivity contribution < 1.29 is 8.42 Å². The number of nitrogens with one attached hydrogen (secondary N) is 1. The summed E-state index contributed by atoms with van der Waals surface area (Å²) in [5, 5.41) is 0. The third-order valence-corrected chi connectivity index (χ3v) is 4.52. The zero-order chi connectivity index (χ0) is 14.9. The van der Waals surface area contributed by atoms with E-state index in [1.807, 2.05) is 20.8 Å². The molecule has 0 saturated carbocycles. The fraction of sp³-hybridized carbons (Fsp3) is 0.214. The first-order valence-electron chi connectivity index (χ1n) is 6.12. The number of benzene rings is 1. The zero-order valence-corrected chi connectivity index (χ0v) is 12.5. The van der Waals surface area contributed by atoms with Crippen molar-refractivity contribution in [2.75, 3.05) is 10.5 Å². The molecular formula is C14H17N3O2S. The van der Waals surface area contributed by atoms with E-state index in [0.29, 0.717) is 11.4 Å². The fourth-order valence-electron chi connectivity index (χ4n) is 1.75. The molecule has 2 aromatic rings. The number of nitrogens with two attached hydrogens (primary N) is 1. The largest absolute Gasteiger partial charge is 0.398 e. The molecule has 6 heteroatoms. The molecule has 2 rings (SSSR count). The van der Waals surface area contributed by atoms with Gasteiger partial charge in [-0.3, -0.25) is 9.71 Å². The van der Waals surface area contributed by atoms with Crippen molar-refractivity contribution >= 4 is 21.4 Å². The first-order valence-corrected chi connectivity index (χ1v) is 7.60. The Morgan fingerprint density at radius 1 is 1.15 bits per heavy atom. The molecule has 0 radical (unpaired) electrons. The van der Waals surface area contributed by atoms with Crippen LogP contribution in [0.2, 0.25) is 0 Å². The first-order chi connectivity index (χ1) is 9.29. The third-order valence-electron chi connectivity index (χ3n) is 3.15. The van der Waals surface area contributed by atoms with Crippen LogP contribution in [0.4, 0.5) is 11.4 Å². The van der Waals surface area contributed by atoms with E-state index in [4.69, 9.17) is 5.73 Å². The van der Waals surface area contributed by atoms with Crippen molar-refractivity contribution in [3.05, 3.63) is 47.3 Å². The highest BCUT2D eigenvalue weighted by Crippen LogP contribution is 2.23. The summed E-state index contributed by atoms with van der Waals surface area (Å²) in [4.78, 5) is 4.21. The Bertz CT molecular complexity index is 715. The molecular weight excluding hydrogens is 274 g/mol. The van der Waals surface area contributed by atoms with E-state index >= 15 is 0 Å². The maximum absolute atomic E-state index is 12.3. The number of aromatic nitrogens is 1. The molecule has 1 aromatic heterocycles. The van der Waals surface area contributed by atoms with Crippen LogP contribution in [0.15, 0.2) is 35.4 Å². The summed E-state index contributed by atoms with van der Waals surface area (Å²) in [6.45, 7) is 5.53. The summed E-state index contributed by atoms with van der Waals surface area (Å²) >= 11 is 0. The maximum atomic E-state index is 12.3. The summed E-state index contributed by atoms with van der Waals surface area (Å²) < 4.78 is 27.1. The standard InChI is InChI=1S/C14H17N3O2S/c1-9-6-13(7-14(15)11(9)3)20(18,19)17-12-5-4-10(2)16-8-12/h4-8,17H,15H2,1-3H3. The Hall–Kier alpha value is -2.08. The van der Waals surface area contributed by atoms with Gasteiger partial charge in [-0.1, -0.05) is 0 Å². The molecule has 0 aliphatic carbocycles. The number of aryl methyl sites for hydroxylation is 2. The van der Waals surface area contributed by atoms with E-state index in [9.17, 15) is 8.42 Å². The van der Waals surface area contributed by atoms with Gasteiger partial charge in [-0.05, 0) is 56.2 Å². The van der Waals surface area contributed by atoms with Crippen LogP contribution in [-0.2, 0) is 10.0 Å². The first kappa shape index (κ1) is 14.3. The number of rotatable bonds is 3. The van der Waals surface area contributed by atoms with Crippen molar-refractivity contribution in [3.63, 3.8) is 0 Å². The molecule has 0 spiro atoms. The molecule has 0 aliphatic rings. The summed E-state index contributed by atoms with van der Waals surface area (Å²) in [5.74, 6) is 0. The van der Waals surface area contributed by atoms with Gasteiger partial charge in [0.25, 0.3) is 10.0 Å². The number of hydrogen-bond acceptors (Lipinski definition) is 4. The Kier molecular flexibility index (Phi) is 3.67. The smallest absolute Gasteiger partial charge is 0.262 e. The lowest BCUT2D eigenvalue weighted by Crippen LogP contribution is -2.14. The highest BCUT2D eigenvalue weighted by atomic mass is 32.2. The molecule has 0 aliphatic heterocycles. The Balaban J connectivity index is 2.38. The maximum Gasteiger partial charge on any atom is 0.262 e. The second kappa shape index (κ2) is 5.13. The van der Waals surface area contributed by atoms with Gasteiger partial charge in [-0.25, -0.2) is 8.42 Å². The van der Waals surface area contributed by atoms with Gasteiger partial charge in [0, 0.05) is 11.4 Å². The van der Waals surface area contributed by atoms with Crippen molar-refractivity contribution in [2.45, 2.75) is 25.7 Å². The molecule has 1 aromatic carbocycles. The van der Waals surface area contributed by atoms with E-state index in [2.05, 4.69) is 9.71 Å². The van der Waals surface area contributed by atoms with E-state index in [0.717, 1.165) is 16.8 Å². The van der Waals surface area contributed by atoms with Crippen LogP contribution in [0.1, 0.15) is 16.8 Å². The minimum atomic E-state index is -3.66. The summed E-state index contributed by atoms with van der Waals surface area (Å²) in [6, 6.07) is 6.48. The molecule has 5 nitrogen and oxygen atoms in total. The lowest BCUT2D eigenvalue weighted by atomic mass is 10.1. The van der Waals surface area contributed by atoms with E-state index in [-0.39, 0.29) is 4.90 Å². The second-order valence-electron chi connectivity index (χ2n) is 4.75. The van der Waals surface area contributed by atoms with Crippen molar-refractivity contribution in [1.82, 2.24) is 4.98 Å². The second-order valence-corrected chi connectivity index (χ2v) is 6.43. The molecule has 0 unspecified atom stereocenters. The predicted octanol–water partition coefficient (Wildman–Crippen LogP) is 2.39. The summed E-state index contributed by atoms with van der Waals surface area (Å²) in [6.07, 6.45) is 1.48. The van der Waals surface area contributed by atoms with Crippen LogP contribution in [0.25, 0.3) is 0 Å². The summed E-state index contributed by atoms with van der Waals surface area (Å²) in [7, 11) is -3.66. The van der Waals surface area contributed by atoms with Gasteiger partial charge in [-0.15, -0.1) is 0 Å². The number of nitrogen functional groups attached to an aromatic ring is 1. The van der Waals surface area contributed by atoms with Crippen LogP contribution in [0.5, 0.6) is 0 Å². The van der Waals surface area contributed by atoms with Gasteiger partial charge in [-0.2, -0.15) is 0 Å². The van der Waals surface area contributed by atoms with Gasteiger partial charge in [0.2, 0.25) is 0 Å². The fourth-order valence-corrected chi connectivity index (χ4v) is 2.91. The highest BCUT2D eigenvalue weighted by molar-refractivity contribution is 7.92. The van der Waals surface area contributed by atoms with Crippen LogP contribution >= 0.6 is 0 Å². The lowest BCUT2D eigenvalue weighted by molar-refractivity contribution is 0.601. The Morgan fingerprint density at radius 2 is 1.85 bits per heavy atom. The molecule has 106 valence electrons. The Morgan fingerprint density at radius 3 is 2.40 bits per heavy atom. The number of sulfonamides is 1. The van der Waals surface area contributed by atoms with Gasteiger partial charge in [0.15, 0.2) is 0 Å². The highest BCUT2D eigenvalue weighted by Gasteiger charge is 2.16. The van der Waals surface area contributed by atoms with Crippen molar-refractivity contribution in [1.29, 1.82) is 0 Å².